The molecule has 1 aliphatic carbocycles. The molecule has 19 heavy (non-hydrogen) atoms. The van der Waals surface area contributed by atoms with E-state index in [4.69, 9.17) is 4.74 Å². The van der Waals surface area contributed by atoms with Crippen LogP contribution in [0.2, 0.25) is 0 Å². The summed E-state index contributed by atoms with van der Waals surface area (Å²) in [7, 11) is 0. The van der Waals surface area contributed by atoms with Gasteiger partial charge in [-0.1, -0.05) is 6.07 Å². The highest BCUT2D eigenvalue weighted by atomic mass is 16.5. The fraction of sp³-hybridized carbons (Fsp3) is 0.533. The first-order chi connectivity index (χ1) is 9.31. The molecule has 0 spiro atoms. The van der Waals surface area contributed by atoms with Crippen LogP contribution in [0.15, 0.2) is 18.2 Å². The number of carbonyl (C=O) groups is 1. The Hall–Kier alpha value is -1.39. The Morgan fingerprint density at radius 2 is 2.00 bits per heavy atom. The van der Waals surface area contributed by atoms with Crippen molar-refractivity contribution in [1.82, 2.24) is 10.2 Å². The van der Waals surface area contributed by atoms with Crippen molar-refractivity contribution in [3.63, 3.8) is 0 Å². The van der Waals surface area contributed by atoms with Gasteiger partial charge in [0, 0.05) is 26.2 Å². The number of nitrogens with zero attached hydrogens (tertiary/aromatic N) is 1. The van der Waals surface area contributed by atoms with Gasteiger partial charge in [0.2, 0.25) is 0 Å². The predicted octanol–water partition coefficient (Wildman–Crippen LogP) is 0.986. The third-order valence-electron chi connectivity index (χ3n) is 3.86. The lowest BCUT2D eigenvalue weighted by Crippen LogP contribution is -2.46. The summed E-state index contributed by atoms with van der Waals surface area (Å²) in [5.74, 6) is 0.542. The fourth-order valence-corrected chi connectivity index (χ4v) is 2.83. The van der Waals surface area contributed by atoms with Gasteiger partial charge in [0.25, 0.3) is 0 Å². The molecule has 0 bridgehead atoms. The first-order valence-corrected chi connectivity index (χ1v) is 7.07. The number of benzene rings is 1. The maximum absolute atomic E-state index is 11.9. The SMILES string of the molecule is O=C(CN1CCNCC1)Oc1ccc2c(c1)CCC2. The van der Waals surface area contributed by atoms with Gasteiger partial charge < -0.3 is 10.1 Å². The highest BCUT2D eigenvalue weighted by Crippen LogP contribution is 2.26. The summed E-state index contributed by atoms with van der Waals surface area (Å²) >= 11 is 0. The topological polar surface area (TPSA) is 41.6 Å². The Kier molecular flexibility index (Phi) is 3.80. The molecule has 0 radical (unpaired) electrons. The quantitative estimate of drug-likeness (QED) is 0.650. The molecule has 1 fully saturated rings. The van der Waals surface area contributed by atoms with Crippen LogP contribution in [0.25, 0.3) is 0 Å². The second-order valence-corrected chi connectivity index (χ2v) is 5.28. The van der Waals surface area contributed by atoms with E-state index in [2.05, 4.69) is 16.3 Å². The first kappa shape index (κ1) is 12.6. The van der Waals surface area contributed by atoms with E-state index in [9.17, 15) is 4.79 Å². The van der Waals surface area contributed by atoms with E-state index in [1.807, 2.05) is 12.1 Å². The molecule has 102 valence electrons. The molecule has 1 aliphatic heterocycles. The van der Waals surface area contributed by atoms with E-state index in [0.29, 0.717) is 12.3 Å². The number of fused-ring (bicyclic) bond motifs is 1. The van der Waals surface area contributed by atoms with Crippen LogP contribution in [-0.2, 0) is 17.6 Å². The number of piperazine rings is 1. The maximum atomic E-state index is 11.9. The minimum absolute atomic E-state index is 0.153. The predicted molar refractivity (Wildman–Crippen MR) is 73.4 cm³/mol. The fourth-order valence-electron chi connectivity index (χ4n) is 2.83. The smallest absolute Gasteiger partial charge is 0.325 e. The van der Waals surface area contributed by atoms with Gasteiger partial charge in [-0.25, -0.2) is 0 Å². The second kappa shape index (κ2) is 5.72. The number of hydrogen-bond acceptors (Lipinski definition) is 4. The van der Waals surface area contributed by atoms with Crippen LogP contribution in [0.1, 0.15) is 17.5 Å². The van der Waals surface area contributed by atoms with E-state index >= 15 is 0 Å². The molecule has 3 rings (SSSR count). The minimum atomic E-state index is -0.153. The number of carbonyl (C=O) groups excluding carboxylic acids is 1. The third-order valence-corrected chi connectivity index (χ3v) is 3.86. The highest BCUT2D eigenvalue weighted by Gasteiger charge is 2.16. The van der Waals surface area contributed by atoms with E-state index in [1.54, 1.807) is 0 Å². The zero-order valence-electron chi connectivity index (χ0n) is 11.2. The summed E-state index contributed by atoms with van der Waals surface area (Å²) in [4.78, 5) is 14.0. The van der Waals surface area contributed by atoms with Gasteiger partial charge in [-0.15, -0.1) is 0 Å². The van der Waals surface area contributed by atoms with Crippen LogP contribution >= 0.6 is 0 Å². The van der Waals surface area contributed by atoms with Crippen molar-refractivity contribution in [1.29, 1.82) is 0 Å². The summed E-state index contributed by atoms with van der Waals surface area (Å²) in [6, 6.07) is 6.04. The summed E-state index contributed by atoms with van der Waals surface area (Å²) in [6.45, 7) is 4.12. The normalized spacial score (nSPS) is 19.2. The van der Waals surface area contributed by atoms with Gasteiger partial charge in [-0.05, 0) is 42.5 Å². The molecule has 0 aromatic heterocycles. The molecule has 1 heterocycles. The summed E-state index contributed by atoms with van der Waals surface area (Å²) in [5, 5.41) is 3.27. The standard InChI is InChI=1S/C15H20N2O2/c18-15(11-17-8-6-16-7-9-17)19-14-5-4-12-2-1-3-13(12)10-14/h4-5,10,16H,1-3,6-9,11H2. The molecule has 1 aromatic rings. The van der Waals surface area contributed by atoms with Gasteiger partial charge in [0.15, 0.2) is 0 Å². The minimum Gasteiger partial charge on any atom is -0.426 e. The molecule has 1 saturated heterocycles. The number of aryl methyl sites for hydroxylation is 2. The zero-order chi connectivity index (χ0) is 13.1. The van der Waals surface area contributed by atoms with E-state index in [-0.39, 0.29) is 5.97 Å². The lowest BCUT2D eigenvalue weighted by atomic mass is 10.1. The van der Waals surface area contributed by atoms with Crippen molar-refractivity contribution in [3.05, 3.63) is 29.3 Å². The average Bonchev–Trinajstić information content (AvgIpc) is 2.87. The number of ether oxygens (including phenoxy) is 1. The van der Waals surface area contributed by atoms with Crippen LogP contribution in [0.4, 0.5) is 0 Å². The van der Waals surface area contributed by atoms with Crippen molar-refractivity contribution in [2.45, 2.75) is 19.3 Å². The number of esters is 1. The Bertz CT molecular complexity index is 467. The van der Waals surface area contributed by atoms with Crippen LogP contribution < -0.4 is 10.1 Å². The zero-order valence-corrected chi connectivity index (χ0v) is 11.2. The van der Waals surface area contributed by atoms with E-state index < -0.39 is 0 Å². The number of rotatable bonds is 3. The summed E-state index contributed by atoms with van der Waals surface area (Å²) in [5.41, 5.74) is 2.74. The van der Waals surface area contributed by atoms with Gasteiger partial charge in [-0.3, -0.25) is 9.69 Å². The van der Waals surface area contributed by atoms with Crippen molar-refractivity contribution in [2.24, 2.45) is 0 Å². The first-order valence-electron chi connectivity index (χ1n) is 7.07. The largest absolute Gasteiger partial charge is 0.426 e. The lowest BCUT2D eigenvalue weighted by Gasteiger charge is -2.25. The van der Waals surface area contributed by atoms with Crippen LogP contribution in [0.5, 0.6) is 5.75 Å². The summed E-state index contributed by atoms with van der Waals surface area (Å²) < 4.78 is 5.44. The van der Waals surface area contributed by atoms with Crippen molar-refractivity contribution in [2.75, 3.05) is 32.7 Å². The van der Waals surface area contributed by atoms with Crippen molar-refractivity contribution < 1.29 is 9.53 Å². The molecule has 0 atom stereocenters. The van der Waals surface area contributed by atoms with Gasteiger partial charge >= 0.3 is 5.97 Å². The molecule has 2 aliphatic rings. The molecule has 0 unspecified atom stereocenters. The molecule has 4 nitrogen and oxygen atoms in total. The van der Waals surface area contributed by atoms with Gasteiger partial charge in [0.05, 0.1) is 6.54 Å². The molecular formula is C15H20N2O2. The summed E-state index contributed by atoms with van der Waals surface area (Å²) in [6.07, 6.45) is 3.48. The van der Waals surface area contributed by atoms with E-state index in [0.717, 1.165) is 39.0 Å². The third kappa shape index (κ3) is 3.14. The molecule has 1 N–H and O–H groups in total. The molecule has 4 heteroatoms. The second-order valence-electron chi connectivity index (χ2n) is 5.28. The van der Waals surface area contributed by atoms with Crippen LogP contribution in [-0.4, -0.2) is 43.6 Å². The Morgan fingerprint density at radius 1 is 1.21 bits per heavy atom. The average molecular weight is 260 g/mol. The highest BCUT2D eigenvalue weighted by molar-refractivity contribution is 5.74. The van der Waals surface area contributed by atoms with Gasteiger partial charge in [0.1, 0.15) is 5.75 Å². The monoisotopic (exact) mass is 260 g/mol. The lowest BCUT2D eigenvalue weighted by molar-refractivity contribution is -0.135. The van der Waals surface area contributed by atoms with Crippen LogP contribution in [0, 0.1) is 0 Å². The molecule has 0 saturated carbocycles. The van der Waals surface area contributed by atoms with Crippen molar-refractivity contribution in [3.8, 4) is 5.75 Å². The number of hydrogen-bond donors (Lipinski definition) is 1. The maximum Gasteiger partial charge on any atom is 0.325 e. The Morgan fingerprint density at radius 3 is 2.84 bits per heavy atom. The molecular weight excluding hydrogens is 240 g/mol. The van der Waals surface area contributed by atoms with Crippen molar-refractivity contribution >= 4 is 5.97 Å². The Balaban J connectivity index is 1.56. The number of nitrogens with one attached hydrogen (secondary N) is 1. The molecule has 1 aromatic carbocycles. The Labute approximate surface area is 113 Å². The van der Waals surface area contributed by atoms with Gasteiger partial charge in [-0.2, -0.15) is 0 Å². The van der Waals surface area contributed by atoms with Crippen LogP contribution in [0.3, 0.4) is 0 Å². The van der Waals surface area contributed by atoms with E-state index in [1.165, 1.54) is 17.5 Å². The molecule has 0 amide bonds.